The molecule has 1 amide bonds. The minimum atomic E-state index is -0.869. The van der Waals surface area contributed by atoms with Gasteiger partial charge in [0.25, 0.3) is 0 Å². The fourth-order valence-electron chi connectivity index (χ4n) is 3.87. The van der Waals surface area contributed by atoms with Crippen molar-refractivity contribution in [1.29, 1.82) is 0 Å². The van der Waals surface area contributed by atoms with Crippen molar-refractivity contribution in [2.75, 3.05) is 11.9 Å². The third-order valence-electron chi connectivity index (χ3n) is 5.53. The highest BCUT2D eigenvalue weighted by molar-refractivity contribution is 6.33. The Kier molecular flexibility index (Phi) is 6.81. The number of carbonyl (C=O) groups is 1. The molecule has 2 aromatic heterocycles. The first kappa shape index (κ1) is 22.3. The minimum absolute atomic E-state index is 0.246. The molecule has 1 fully saturated rings. The van der Waals surface area contributed by atoms with Gasteiger partial charge in [0.05, 0.1) is 10.7 Å². The van der Waals surface area contributed by atoms with E-state index in [1.54, 1.807) is 24.4 Å². The molecule has 3 rings (SSSR count). The molecule has 2 N–H and O–H groups in total. The average molecular weight is 435 g/mol. The standard InChI is InChI=1S/C22H28ClFN4O2/c1-22(2,3)28(21(29)30)13-14-7-9-15(10-8-14)26-20-11-16(17(23)12-25-20)18-5-4-6-19(24)27-18/h4-6,11-12,14-15H,7-10,13H2,1-3H3,(H,25,26)(H,29,30)/t14-,15-. The Morgan fingerprint density at radius 2 is 2.00 bits per heavy atom. The van der Waals surface area contributed by atoms with Crippen LogP contribution in [0.4, 0.5) is 15.0 Å². The lowest BCUT2D eigenvalue weighted by Gasteiger charge is -2.38. The number of rotatable bonds is 5. The molecule has 0 atom stereocenters. The Bertz CT molecular complexity index is 895. The van der Waals surface area contributed by atoms with Gasteiger partial charge in [0.1, 0.15) is 5.82 Å². The van der Waals surface area contributed by atoms with E-state index in [1.165, 1.54) is 11.0 Å². The molecule has 0 bridgehead atoms. The quantitative estimate of drug-likeness (QED) is 0.591. The Hall–Kier alpha value is -2.41. The summed E-state index contributed by atoms with van der Waals surface area (Å²) in [6, 6.07) is 6.64. The molecule has 0 spiro atoms. The van der Waals surface area contributed by atoms with Crippen LogP contribution in [-0.4, -0.2) is 44.2 Å². The summed E-state index contributed by atoms with van der Waals surface area (Å²) in [6.07, 6.45) is 4.44. The summed E-state index contributed by atoms with van der Waals surface area (Å²) in [5.41, 5.74) is 0.685. The zero-order chi connectivity index (χ0) is 21.9. The van der Waals surface area contributed by atoms with Crippen molar-refractivity contribution in [1.82, 2.24) is 14.9 Å². The smallest absolute Gasteiger partial charge is 0.407 e. The van der Waals surface area contributed by atoms with Gasteiger partial charge in [0, 0.05) is 29.9 Å². The average Bonchev–Trinajstić information content (AvgIpc) is 2.67. The zero-order valence-electron chi connectivity index (χ0n) is 17.5. The highest BCUT2D eigenvalue weighted by atomic mass is 35.5. The highest BCUT2D eigenvalue weighted by Gasteiger charge is 2.30. The van der Waals surface area contributed by atoms with Gasteiger partial charge in [0.15, 0.2) is 0 Å². The summed E-state index contributed by atoms with van der Waals surface area (Å²) >= 11 is 6.25. The van der Waals surface area contributed by atoms with Crippen LogP contribution in [0, 0.1) is 11.9 Å². The number of hydrogen-bond donors (Lipinski definition) is 2. The van der Waals surface area contributed by atoms with E-state index in [2.05, 4.69) is 15.3 Å². The topological polar surface area (TPSA) is 78.3 Å². The van der Waals surface area contributed by atoms with Crippen molar-refractivity contribution in [2.24, 2.45) is 5.92 Å². The van der Waals surface area contributed by atoms with Crippen LogP contribution in [0.1, 0.15) is 46.5 Å². The van der Waals surface area contributed by atoms with Crippen molar-refractivity contribution >= 4 is 23.5 Å². The summed E-state index contributed by atoms with van der Waals surface area (Å²) < 4.78 is 13.5. The second-order valence-electron chi connectivity index (χ2n) is 8.82. The number of pyridine rings is 2. The van der Waals surface area contributed by atoms with Gasteiger partial charge in [-0.2, -0.15) is 4.39 Å². The van der Waals surface area contributed by atoms with Crippen molar-refractivity contribution in [3.05, 3.63) is 41.4 Å². The van der Waals surface area contributed by atoms with Gasteiger partial charge in [-0.05, 0) is 70.6 Å². The minimum Gasteiger partial charge on any atom is -0.465 e. The van der Waals surface area contributed by atoms with E-state index < -0.39 is 17.6 Å². The number of amides is 1. The molecule has 8 heteroatoms. The van der Waals surface area contributed by atoms with Gasteiger partial charge in [0.2, 0.25) is 5.95 Å². The number of halogens is 2. The van der Waals surface area contributed by atoms with Crippen LogP contribution >= 0.6 is 11.6 Å². The van der Waals surface area contributed by atoms with Crippen molar-refractivity contribution < 1.29 is 14.3 Å². The molecular weight excluding hydrogens is 407 g/mol. The van der Waals surface area contributed by atoms with Crippen LogP contribution in [0.5, 0.6) is 0 Å². The predicted octanol–water partition coefficient (Wildman–Crippen LogP) is 5.69. The Morgan fingerprint density at radius 3 is 2.60 bits per heavy atom. The number of nitrogens with zero attached hydrogens (tertiary/aromatic N) is 3. The number of anilines is 1. The third kappa shape index (κ3) is 5.59. The second kappa shape index (κ2) is 9.16. The Balaban J connectivity index is 1.61. The van der Waals surface area contributed by atoms with Gasteiger partial charge in [-0.15, -0.1) is 0 Å². The zero-order valence-corrected chi connectivity index (χ0v) is 18.3. The maximum atomic E-state index is 13.5. The van der Waals surface area contributed by atoms with Crippen LogP contribution in [-0.2, 0) is 0 Å². The summed E-state index contributed by atoms with van der Waals surface area (Å²) in [7, 11) is 0. The van der Waals surface area contributed by atoms with E-state index in [-0.39, 0.29) is 6.04 Å². The van der Waals surface area contributed by atoms with Crippen LogP contribution < -0.4 is 5.32 Å². The largest absolute Gasteiger partial charge is 0.465 e. The van der Waals surface area contributed by atoms with E-state index in [4.69, 9.17) is 11.6 Å². The molecule has 2 heterocycles. The van der Waals surface area contributed by atoms with Crippen molar-refractivity contribution in [2.45, 2.75) is 58.0 Å². The monoisotopic (exact) mass is 434 g/mol. The van der Waals surface area contributed by atoms with Crippen LogP contribution in [0.3, 0.4) is 0 Å². The lowest BCUT2D eigenvalue weighted by atomic mass is 9.85. The normalized spacial score (nSPS) is 19.4. The van der Waals surface area contributed by atoms with Crippen LogP contribution in [0.25, 0.3) is 11.3 Å². The van der Waals surface area contributed by atoms with E-state index in [9.17, 15) is 14.3 Å². The maximum absolute atomic E-state index is 13.5. The van der Waals surface area contributed by atoms with Gasteiger partial charge < -0.3 is 15.3 Å². The Labute approximate surface area is 181 Å². The molecule has 0 aromatic carbocycles. The molecule has 0 unspecified atom stereocenters. The Morgan fingerprint density at radius 1 is 1.30 bits per heavy atom. The second-order valence-corrected chi connectivity index (χ2v) is 9.23. The number of nitrogens with one attached hydrogen (secondary N) is 1. The van der Waals surface area contributed by atoms with Crippen molar-refractivity contribution in [3.63, 3.8) is 0 Å². The maximum Gasteiger partial charge on any atom is 0.407 e. The molecule has 1 aliphatic carbocycles. The fourth-order valence-corrected chi connectivity index (χ4v) is 4.07. The van der Waals surface area contributed by atoms with E-state index in [0.717, 1.165) is 25.7 Å². The van der Waals surface area contributed by atoms with Crippen molar-refractivity contribution in [3.8, 4) is 11.3 Å². The molecule has 1 saturated carbocycles. The molecule has 162 valence electrons. The van der Waals surface area contributed by atoms with E-state index in [0.29, 0.717) is 34.6 Å². The van der Waals surface area contributed by atoms with E-state index in [1.807, 2.05) is 20.8 Å². The van der Waals surface area contributed by atoms with Gasteiger partial charge in [-0.3, -0.25) is 0 Å². The first-order valence-corrected chi connectivity index (χ1v) is 10.6. The first-order valence-electron chi connectivity index (χ1n) is 10.2. The van der Waals surface area contributed by atoms with Crippen LogP contribution in [0.15, 0.2) is 30.5 Å². The highest BCUT2D eigenvalue weighted by Crippen LogP contribution is 2.31. The molecule has 30 heavy (non-hydrogen) atoms. The number of hydrogen-bond acceptors (Lipinski definition) is 4. The summed E-state index contributed by atoms with van der Waals surface area (Å²) in [6.45, 7) is 6.32. The summed E-state index contributed by atoms with van der Waals surface area (Å²) in [5, 5.41) is 13.4. The molecule has 0 saturated heterocycles. The molecule has 6 nitrogen and oxygen atoms in total. The van der Waals surface area contributed by atoms with Gasteiger partial charge >= 0.3 is 6.09 Å². The van der Waals surface area contributed by atoms with E-state index >= 15 is 0 Å². The third-order valence-corrected chi connectivity index (χ3v) is 5.83. The van der Waals surface area contributed by atoms with Gasteiger partial charge in [-0.25, -0.2) is 14.8 Å². The molecular formula is C22H28ClFN4O2. The number of aromatic nitrogens is 2. The molecule has 0 radical (unpaired) electrons. The molecule has 0 aliphatic heterocycles. The summed E-state index contributed by atoms with van der Waals surface area (Å²) in [5.74, 6) is 0.466. The fraction of sp³-hybridized carbons (Fsp3) is 0.500. The van der Waals surface area contributed by atoms with Crippen LogP contribution in [0.2, 0.25) is 5.02 Å². The molecule has 1 aliphatic rings. The van der Waals surface area contributed by atoms with Gasteiger partial charge in [-0.1, -0.05) is 17.7 Å². The predicted molar refractivity (Wildman–Crippen MR) is 116 cm³/mol. The summed E-state index contributed by atoms with van der Waals surface area (Å²) in [4.78, 5) is 21.4. The molecule has 2 aromatic rings. The lowest BCUT2D eigenvalue weighted by molar-refractivity contribution is 0.0826. The first-order chi connectivity index (χ1) is 14.1. The lowest BCUT2D eigenvalue weighted by Crippen LogP contribution is -2.48. The SMILES string of the molecule is CC(C)(C)N(C[C@H]1CC[C@H](Nc2cc(-c3cccc(F)n3)c(Cl)cn2)CC1)C(=O)O. The number of carboxylic acid groups (broad SMARTS) is 1.